The van der Waals surface area contributed by atoms with Crippen molar-refractivity contribution in [2.75, 3.05) is 57.0 Å². The monoisotopic (exact) mass is 671 g/mol. The predicted molar refractivity (Wildman–Crippen MR) is 179 cm³/mol. The van der Waals surface area contributed by atoms with E-state index < -0.39 is 21.7 Å². The maximum atomic E-state index is 13.0. The van der Waals surface area contributed by atoms with E-state index in [1.54, 1.807) is 45.2 Å². The molecule has 2 saturated heterocycles. The zero-order chi connectivity index (χ0) is 33.7. The second-order valence-corrected chi connectivity index (χ2v) is 16.0. The summed E-state index contributed by atoms with van der Waals surface area (Å²) in [7, 11) is -3.15. The number of carbonyl (C=O) groups excluding carboxylic acids is 2. The molecule has 0 unspecified atom stereocenters. The van der Waals surface area contributed by atoms with Crippen molar-refractivity contribution < 1.29 is 27.5 Å². The van der Waals surface area contributed by atoms with Gasteiger partial charge in [0.05, 0.1) is 18.0 Å². The Hall–Kier alpha value is -3.49. The molecule has 0 bridgehead atoms. The van der Waals surface area contributed by atoms with Crippen molar-refractivity contribution in [2.24, 2.45) is 11.3 Å². The zero-order valence-electron chi connectivity index (χ0n) is 28.0. The molecule has 0 atom stereocenters. The van der Waals surface area contributed by atoms with Crippen molar-refractivity contribution >= 4 is 27.8 Å². The van der Waals surface area contributed by atoms with Crippen molar-refractivity contribution in [1.82, 2.24) is 30.2 Å². The van der Waals surface area contributed by atoms with Crippen molar-refractivity contribution in [2.45, 2.75) is 70.9 Å². The number of hydrogen-bond acceptors (Lipinski definition) is 10. The summed E-state index contributed by atoms with van der Waals surface area (Å²) in [5.41, 5.74) is 0.0233. The lowest BCUT2D eigenvalue weighted by atomic mass is 9.71. The quantitative estimate of drug-likeness (QED) is 0.302. The van der Waals surface area contributed by atoms with E-state index in [-0.39, 0.29) is 30.5 Å². The summed E-state index contributed by atoms with van der Waals surface area (Å²) in [5.74, 6) is 1.90. The summed E-state index contributed by atoms with van der Waals surface area (Å²) in [5, 5.41) is 5.46. The van der Waals surface area contributed by atoms with Gasteiger partial charge >= 0.3 is 6.09 Å². The lowest BCUT2D eigenvalue weighted by Gasteiger charge is -2.54. The fourth-order valence-corrected chi connectivity index (χ4v) is 7.64. The van der Waals surface area contributed by atoms with E-state index in [0.717, 1.165) is 71.2 Å². The first kappa shape index (κ1) is 34.8. The highest BCUT2D eigenvalue weighted by molar-refractivity contribution is 7.88. The molecular formula is C33H49N7O6S. The highest BCUT2D eigenvalue weighted by Crippen LogP contribution is 2.45. The van der Waals surface area contributed by atoms with Crippen molar-refractivity contribution in [3.8, 4) is 11.5 Å². The average Bonchev–Trinajstić information content (AvgIpc) is 2.99. The largest absolute Gasteiger partial charge is 0.451 e. The number of carbonyl (C=O) groups is 2. The number of amides is 2. The number of piperidine rings is 1. The molecule has 1 aromatic carbocycles. The molecule has 3 aliphatic rings. The highest BCUT2D eigenvalue weighted by Gasteiger charge is 2.46. The van der Waals surface area contributed by atoms with Crippen LogP contribution >= 0.6 is 0 Å². The van der Waals surface area contributed by atoms with Crippen LogP contribution in [0.1, 0.15) is 69.7 Å². The van der Waals surface area contributed by atoms with Crippen LogP contribution in [0.2, 0.25) is 0 Å². The van der Waals surface area contributed by atoms with Gasteiger partial charge in [-0.05, 0) is 90.4 Å². The lowest BCUT2D eigenvalue weighted by Crippen LogP contribution is -2.61. The molecule has 2 amide bonds. The third-order valence-electron chi connectivity index (χ3n) is 9.10. The number of hydrogen-bond donors (Lipinski definition) is 3. The van der Waals surface area contributed by atoms with Gasteiger partial charge in [-0.25, -0.2) is 27.9 Å². The molecule has 14 heteroatoms. The van der Waals surface area contributed by atoms with Gasteiger partial charge < -0.3 is 29.9 Å². The summed E-state index contributed by atoms with van der Waals surface area (Å²) in [6.07, 6.45) is 10.1. The summed E-state index contributed by atoms with van der Waals surface area (Å²) < 4.78 is 37.4. The number of anilines is 1. The van der Waals surface area contributed by atoms with Crippen LogP contribution in [0.15, 0.2) is 36.8 Å². The Kier molecular flexibility index (Phi) is 10.9. The summed E-state index contributed by atoms with van der Waals surface area (Å²) >= 11 is 0. The molecule has 258 valence electrons. The molecule has 2 aliphatic heterocycles. The molecule has 0 radical (unpaired) electrons. The molecule has 1 spiro atoms. The second kappa shape index (κ2) is 14.7. The molecule has 13 nitrogen and oxygen atoms in total. The third-order valence-corrected chi connectivity index (χ3v) is 9.86. The minimum atomic E-state index is -3.15. The van der Waals surface area contributed by atoms with Gasteiger partial charge in [-0.1, -0.05) is 12.1 Å². The number of alkyl carbamates (subject to hydrolysis) is 1. The zero-order valence-corrected chi connectivity index (χ0v) is 28.8. The van der Waals surface area contributed by atoms with Gasteiger partial charge in [0.2, 0.25) is 10.0 Å². The second-order valence-electron chi connectivity index (χ2n) is 14.3. The van der Waals surface area contributed by atoms with Crippen LogP contribution in [-0.4, -0.2) is 99.0 Å². The Morgan fingerprint density at radius 1 is 1.00 bits per heavy atom. The van der Waals surface area contributed by atoms with Gasteiger partial charge in [-0.3, -0.25) is 4.79 Å². The molecular weight excluding hydrogens is 622 g/mol. The Morgan fingerprint density at radius 2 is 1.68 bits per heavy atom. The average molecular weight is 672 g/mol. The smallest absolute Gasteiger partial charge is 0.407 e. The number of nitrogens with zero attached hydrogens (tertiary/aromatic N) is 4. The van der Waals surface area contributed by atoms with Gasteiger partial charge in [-0.15, -0.1) is 0 Å². The van der Waals surface area contributed by atoms with Crippen molar-refractivity contribution in [3.63, 3.8) is 0 Å². The number of aromatic nitrogens is 2. The van der Waals surface area contributed by atoms with Crippen LogP contribution in [0.25, 0.3) is 0 Å². The molecule has 3 N–H and O–H groups in total. The van der Waals surface area contributed by atoms with E-state index in [0.29, 0.717) is 28.8 Å². The Labute approximate surface area is 278 Å². The maximum Gasteiger partial charge on any atom is 0.407 e. The normalized spacial score (nSPS) is 21.5. The fraction of sp³-hybridized carbons (Fsp3) is 0.636. The first-order valence-electron chi connectivity index (χ1n) is 16.5. The molecule has 5 rings (SSSR count). The Morgan fingerprint density at radius 3 is 2.36 bits per heavy atom. The van der Waals surface area contributed by atoms with E-state index >= 15 is 0 Å². The molecule has 1 saturated carbocycles. The number of ether oxygens (including phenoxy) is 2. The predicted octanol–water partition coefficient (Wildman–Crippen LogP) is 3.53. The SMILES string of the molecule is CC(C)(C)OC(=O)NCCNC(=O)c1ccccc1Oc1cncnc1N1CC2(CCN(CC3CCC(NS(C)(=O)=O)CC3)CC2)C1. The Balaban J connectivity index is 1.09. The molecule has 3 fully saturated rings. The topological polar surface area (TPSA) is 155 Å². The van der Waals surface area contributed by atoms with E-state index in [9.17, 15) is 18.0 Å². The van der Waals surface area contributed by atoms with E-state index in [2.05, 4.69) is 35.1 Å². The van der Waals surface area contributed by atoms with Crippen LogP contribution in [0.5, 0.6) is 11.5 Å². The maximum absolute atomic E-state index is 13.0. The summed E-state index contributed by atoms with van der Waals surface area (Å²) in [6.45, 7) is 10.8. The standard InChI is InChI=1S/C33H49N7O6S/c1-32(2,3)46-31(42)36-16-15-35-30(41)26-7-5-6-8-27(26)45-28-19-34-23-37-29(28)40-21-33(22-40)13-17-39(18-14-33)20-24-9-11-25(12-10-24)38-47(4,43)44/h5-8,19,23-25,38H,9-18,20-22H2,1-4H3,(H,35,41)(H,36,42). The minimum Gasteiger partial charge on any atom is -0.451 e. The van der Waals surface area contributed by atoms with Crippen LogP contribution in [0, 0.1) is 11.3 Å². The van der Waals surface area contributed by atoms with Crippen LogP contribution < -0.4 is 25.0 Å². The first-order valence-corrected chi connectivity index (χ1v) is 18.4. The van der Waals surface area contributed by atoms with Gasteiger partial charge in [0.15, 0.2) is 11.6 Å². The van der Waals surface area contributed by atoms with Crippen LogP contribution in [0.3, 0.4) is 0 Å². The highest BCUT2D eigenvalue weighted by atomic mass is 32.2. The molecule has 1 aromatic heterocycles. The van der Waals surface area contributed by atoms with Gasteiger partial charge in [0, 0.05) is 44.2 Å². The van der Waals surface area contributed by atoms with Crippen LogP contribution in [-0.2, 0) is 14.8 Å². The number of likely N-dealkylation sites (tertiary alicyclic amines) is 1. The fourth-order valence-electron chi connectivity index (χ4n) is 6.80. The summed E-state index contributed by atoms with van der Waals surface area (Å²) in [6, 6.07) is 7.10. The molecule has 1 aliphatic carbocycles. The number of para-hydroxylation sites is 1. The molecule has 47 heavy (non-hydrogen) atoms. The number of rotatable bonds is 11. The Bertz CT molecular complexity index is 1490. The van der Waals surface area contributed by atoms with E-state index in [1.807, 2.05) is 6.07 Å². The number of sulfonamides is 1. The van der Waals surface area contributed by atoms with E-state index in [4.69, 9.17) is 9.47 Å². The van der Waals surface area contributed by atoms with Gasteiger partial charge in [0.1, 0.15) is 17.7 Å². The van der Waals surface area contributed by atoms with Crippen LogP contribution in [0.4, 0.5) is 10.6 Å². The van der Waals surface area contributed by atoms with Gasteiger partial charge in [-0.2, -0.15) is 0 Å². The lowest BCUT2D eigenvalue weighted by molar-refractivity contribution is 0.0526. The van der Waals surface area contributed by atoms with Gasteiger partial charge in [0.25, 0.3) is 5.91 Å². The summed E-state index contributed by atoms with van der Waals surface area (Å²) in [4.78, 5) is 38.5. The minimum absolute atomic E-state index is 0.0768. The van der Waals surface area contributed by atoms with Crippen molar-refractivity contribution in [1.29, 1.82) is 0 Å². The van der Waals surface area contributed by atoms with E-state index in [1.165, 1.54) is 12.6 Å². The van der Waals surface area contributed by atoms with Crippen molar-refractivity contribution in [3.05, 3.63) is 42.4 Å². The number of benzene rings is 1. The first-order chi connectivity index (χ1) is 22.3. The molecule has 3 heterocycles. The number of nitrogens with one attached hydrogen (secondary N) is 3. The molecule has 2 aromatic rings. The third kappa shape index (κ3) is 10.0.